The molecule has 2 fully saturated rings. The van der Waals surface area contributed by atoms with E-state index < -0.39 is 60.1 Å². The average Bonchev–Trinajstić information content (AvgIpc) is 3.90. The molecule has 5 rings (SSSR count). The average molecular weight is 851 g/mol. The SMILES string of the molecule is CC[C@H]1C[C@@]1(CO[C@@H]1O[C@H](COCc2ccccc2)[C@@H](OCc2ccccc2)[C@H](OCc2ccccc2)[C@H]1OS(=O)(=O)C(F)(F)F)CO[Si](C(C)C)(C(C)C)C(C)C. The van der Waals surface area contributed by atoms with Crippen molar-refractivity contribution in [2.75, 3.05) is 19.8 Å². The lowest BCUT2D eigenvalue weighted by Gasteiger charge is -2.46. The minimum atomic E-state index is -6.16. The molecule has 0 amide bonds. The zero-order valence-corrected chi connectivity index (χ0v) is 36.5. The Morgan fingerprint density at radius 1 is 0.707 bits per heavy atom. The van der Waals surface area contributed by atoms with Gasteiger partial charge in [-0.3, -0.25) is 4.18 Å². The van der Waals surface area contributed by atoms with Crippen molar-refractivity contribution in [3.8, 4) is 0 Å². The van der Waals surface area contributed by atoms with Gasteiger partial charge in [0.25, 0.3) is 0 Å². The van der Waals surface area contributed by atoms with E-state index in [1.165, 1.54) is 0 Å². The van der Waals surface area contributed by atoms with Gasteiger partial charge in [0.15, 0.2) is 20.7 Å². The van der Waals surface area contributed by atoms with Crippen molar-refractivity contribution in [3.05, 3.63) is 108 Å². The second kappa shape index (κ2) is 20.3. The highest BCUT2D eigenvalue weighted by Crippen LogP contribution is 2.57. The van der Waals surface area contributed by atoms with Gasteiger partial charge in [-0.2, -0.15) is 21.6 Å². The molecule has 0 radical (unpaired) electrons. The largest absolute Gasteiger partial charge is 0.523 e. The zero-order valence-electron chi connectivity index (χ0n) is 34.7. The third kappa shape index (κ3) is 11.4. The van der Waals surface area contributed by atoms with Crippen molar-refractivity contribution in [1.82, 2.24) is 0 Å². The molecule has 2 aliphatic rings. The van der Waals surface area contributed by atoms with Gasteiger partial charge in [0.1, 0.15) is 18.3 Å². The van der Waals surface area contributed by atoms with Crippen LogP contribution < -0.4 is 0 Å². The highest BCUT2D eigenvalue weighted by molar-refractivity contribution is 7.87. The highest BCUT2D eigenvalue weighted by Gasteiger charge is 2.59. The molecular formula is C44H61F3O9SSi. The topological polar surface area (TPSA) is 98.8 Å². The fourth-order valence-electron chi connectivity index (χ4n) is 8.66. The first-order valence-electron chi connectivity index (χ1n) is 20.4. The van der Waals surface area contributed by atoms with Crippen LogP contribution in [0.25, 0.3) is 0 Å². The Labute approximate surface area is 344 Å². The van der Waals surface area contributed by atoms with Gasteiger partial charge in [-0.25, -0.2) is 0 Å². The standard InChI is InChI=1S/C44H61F3O9SSi/c1-8-37-24-43(37,30-54-58(31(2)3,32(4)5)33(6)7)29-53-42-41(56-57(48,49)44(45,46)47)40(52-27-36-22-16-11-17-23-36)39(51-26-35-20-14-10-15-21-35)38(55-42)28-50-25-34-18-12-9-13-19-34/h9-23,31-33,37-42H,8,24-30H2,1-7H3/t37-,38+,39+,40-,41+,42+,43+/m0/s1. The van der Waals surface area contributed by atoms with Gasteiger partial charge < -0.3 is 28.1 Å². The van der Waals surface area contributed by atoms with E-state index in [1.54, 1.807) is 24.3 Å². The molecule has 0 N–H and O–H groups in total. The van der Waals surface area contributed by atoms with Gasteiger partial charge in [0, 0.05) is 12.0 Å². The van der Waals surface area contributed by atoms with Crippen molar-refractivity contribution in [1.29, 1.82) is 0 Å². The van der Waals surface area contributed by atoms with Crippen molar-refractivity contribution >= 4 is 18.4 Å². The van der Waals surface area contributed by atoms with Crippen molar-refractivity contribution in [2.24, 2.45) is 11.3 Å². The van der Waals surface area contributed by atoms with Crippen molar-refractivity contribution < 1.29 is 53.9 Å². The van der Waals surface area contributed by atoms with Crippen LogP contribution in [0.3, 0.4) is 0 Å². The van der Waals surface area contributed by atoms with Gasteiger partial charge in [-0.15, -0.1) is 0 Å². The maximum Gasteiger partial charge on any atom is 0.523 e. The molecule has 3 aromatic carbocycles. The number of benzene rings is 3. The summed E-state index contributed by atoms with van der Waals surface area (Å²) in [6.07, 6.45) is -5.43. The lowest BCUT2D eigenvalue weighted by molar-refractivity contribution is -0.317. The minimum absolute atomic E-state index is 0.0192. The summed E-state index contributed by atoms with van der Waals surface area (Å²) in [5, 5.41) is 0. The van der Waals surface area contributed by atoms with Crippen LogP contribution in [-0.4, -0.2) is 72.8 Å². The normalized spacial score (nSPS) is 25.5. The second-order valence-electron chi connectivity index (χ2n) is 16.6. The van der Waals surface area contributed by atoms with Gasteiger partial charge >= 0.3 is 15.6 Å². The molecule has 58 heavy (non-hydrogen) atoms. The summed E-state index contributed by atoms with van der Waals surface area (Å²) in [5.74, 6) is 0.227. The number of hydrogen-bond donors (Lipinski definition) is 0. The maximum absolute atomic E-state index is 14.2. The fraction of sp³-hybridized carbons (Fsp3) is 0.591. The number of alkyl halides is 3. The Morgan fingerprint density at radius 3 is 1.64 bits per heavy atom. The monoisotopic (exact) mass is 850 g/mol. The van der Waals surface area contributed by atoms with Crippen LogP contribution in [0.2, 0.25) is 16.6 Å². The first-order valence-corrected chi connectivity index (χ1v) is 23.9. The van der Waals surface area contributed by atoms with Crippen LogP contribution in [0, 0.1) is 11.3 Å². The maximum atomic E-state index is 14.2. The van der Waals surface area contributed by atoms with Gasteiger partial charge in [0.2, 0.25) is 0 Å². The van der Waals surface area contributed by atoms with Gasteiger partial charge in [-0.1, -0.05) is 146 Å². The third-order valence-corrected chi connectivity index (χ3v) is 18.9. The number of halogens is 3. The van der Waals surface area contributed by atoms with Crippen LogP contribution in [0.4, 0.5) is 13.2 Å². The number of hydrogen-bond acceptors (Lipinski definition) is 9. The van der Waals surface area contributed by atoms with Crippen LogP contribution in [0.5, 0.6) is 0 Å². The molecule has 0 bridgehead atoms. The molecule has 322 valence electrons. The first kappa shape index (κ1) is 46.4. The molecule has 9 nitrogen and oxygen atoms in total. The Kier molecular flexibility index (Phi) is 16.2. The summed E-state index contributed by atoms with van der Waals surface area (Å²) in [7, 11) is -8.46. The van der Waals surface area contributed by atoms with Crippen molar-refractivity contribution in [2.45, 2.75) is 134 Å². The van der Waals surface area contributed by atoms with Crippen LogP contribution in [0.1, 0.15) is 78.0 Å². The molecule has 0 aromatic heterocycles. The minimum Gasteiger partial charge on any atom is -0.415 e. The molecule has 14 heteroatoms. The second-order valence-corrected chi connectivity index (χ2v) is 23.6. The summed E-state index contributed by atoms with van der Waals surface area (Å²) >= 11 is 0. The highest BCUT2D eigenvalue weighted by atomic mass is 32.2. The molecule has 7 atom stereocenters. The number of rotatable bonds is 22. The van der Waals surface area contributed by atoms with E-state index >= 15 is 0 Å². The van der Waals surface area contributed by atoms with Crippen molar-refractivity contribution in [3.63, 3.8) is 0 Å². The summed E-state index contributed by atoms with van der Waals surface area (Å²) in [5.41, 5.74) is -2.80. The molecule has 1 saturated carbocycles. The van der Waals surface area contributed by atoms with E-state index in [2.05, 4.69) is 48.5 Å². The quantitative estimate of drug-likeness (QED) is 0.0556. The predicted octanol–water partition coefficient (Wildman–Crippen LogP) is 9.96. The Balaban J connectivity index is 1.51. The molecular weight excluding hydrogens is 790 g/mol. The number of ether oxygens (including phenoxy) is 5. The lowest BCUT2D eigenvalue weighted by Crippen LogP contribution is -2.62. The molecule has 1 aliphatic heterocycles. The van der Waals surface area contributed by atoms with E-state index in [1.807, 2.05) is 66.7 Å². The van der Waals surface area contributed by atoms with E-state index in [0.717, 1.165) is 24.0 Å². The van der Waals surface area contributed by atoms with E-state index in [0.29, 0.717) is 28.8 Å². The Hall–Kier alpha value is -2.66. The smallest absolute Gasteiger partial charge is 0.415 e. The summed E-state index contributed by atoms with van der Waals surface area (Å²) in [6.45, 7) is 15.9. The van der Waals surface area contributed by atoms with Crippen LogP contribution >= 0.6 is 0 Å². The summed E-state index contributed by atoms with van der Waals surface area (Å²) in [4.78, 5) is 0. The zero-order chi connectivity index (χ0) is 42.1. The summed E-state index contributed by atoms with van der Waals surface area (Å²) < 4.78 is 112. The Morgan fingerprint density at radius 2 is 1.19 bits per heavy atom. The van der Waals surface area contributed by atoms with E-state index in [9.17, 15) is 21.6 Å². The molecule has 0 spiro atoms. The fourth-order valence-corrected chi connectivity index (χ4v) is 14.8. The first-order chi connectivity index (χ1) is 27.5. The van der Waals surface area contributed by atoms with Crippen LogP contribution in [0.15, 0.2) is 91.0 Å². The van der Waals surface area contributed by atoms with Gasteiger partial charge in [0.05, 0.1) is 33.0 Å². The van der Waals surface area contributed by atoms with E-state index in [-0.39, 0.29) is 39.0 Å². The molecule has 0 unspecified atom stereocenters. The third-order valence-electron chi connectivity index (χ3n) is 11.8. The van der Waals surface area contributed by atoms with Gasteiger partial charge in [-0.05, 0) is 45.7 Å². The van der Waals surface area contributed by atoms with E-state index in [4.69, 9.17) is 32.3 Å². The summed E-state index contributed by atoms with van der Waals surface area (Å²) in [6, 6.07) is 27.7. The molecule has 1 aliphatic carbocycles. The van der Waals surface area contributed by atoms with Crippen LogP contribution in [-0.2, 0) is 62.2 Å². The molecule has 1 saturated heterocycles. The lowest BCUT2D eigenvalue weighted by atomic mass is 9.98. The molecule has 3 aromatic rings. The predicted molar refractivity (Wildman–Crippen MR) is 218 cm³/mol. The molecule has 1 heterocycles. The Bertz CT molecular complexity index is 1760.